The molecular formula is C25H24N3O8P. The molecule has 12 heteroatoms. The van der Waals surface area contributed by atoms with E-state index < -0.39 is 25.7 Å². The smallest absolute Gasteiger partial charge is 0.404 e. The highest BCUT2D eigenvalue weighted by Gasteiger charge is 2.39. The molecule has 0 spiro atoms. The van der Waals surface area contributed by atoms with Gasteiger partial charge in [-0.2, -0.15) is 0 Å². The Hall–Kier alpha value is -3.97. The second-order valence-electron chi connectivity index (χ2n) is 8.25. The van der Waals surface area contributed by atoms with Gasteiger partial charge in [0.15, 0.2) is 0 Å². The maximum Gasteiger partial charge on any atom is 0.529 e. The number of nitrogens with one attached hydrogen (secondary N) is 2. The summed E-state index contributed by atoms with van der Waals surface area (Å²) in [5.41, 5.74) is 2.56. The van der Waals surface area contributed by atoms with E-state index in [2.05, 4.69) is 22.5 Å². The van der Waals surface area contributed by atoms with Gasteiger partial charge in [-0.3, -0.25) is 33.5 Å². The van der Waals surface area contributed by atoms with E-state index in [0.717, 1.165) is 11.1 Å². The molecule has 0 aromatic heterocycles. The third-order valence-electron chi connectivity index (χ3n) is 5.88. The van der Waals surface area contributed by atoms with Crippen LogP contribution in [0.4, 0.5) is 0 Å². The summed E-state index contributed by atoms with van der Waals surface area (Å²) in [5, 5.41) is 4.99. The van der Waals surface area contributed by atoms with Crippen LogP contribution in [-0.2, 0) is 41.1 Å². The van der Waals surface area contributed by atoms with E-state index in [4.69, 9.17) is 13.6 Å². The van der Waals surface area contributed by atoms with Gasteiger partial charge in [-0.15, -0.1) is 0 Å². The average Bonchev–Trinajstić information content (AvgIpc) is 3.22. The number of nitrogens with zero attached hydrogens (tertiary/aromatic N) is 1. The number of carbonyl (C=O) groups is 4. The molecule has 0 bridgehead atoms. The Balaban J connectivity index is 1.33. The number of imide groups is 1. The van der Waals surface area contributed by atoms with Gasteiger partial charge in [0.1, 0.15) is 11.8 Å². The van der Waals surface area contributed by atoms with Crippen LogP contribution in [0.1, 0.15) is 39.9 Å². The summed E-state index contributed by atoms with van der Waals surface area (Å²) in [4.78, 5) is 50.1. The largest absolute Gasteiger partial charge is 0.529 e. The first kappa shape index (κ1) is 26.1. The van der Waals surface area contributed by atoms with Crippen molar-refractivity contribution in [2.24, 2.45) is 0 Å². The molecule has 2 heterocycles. The Labute approximate surface area is 213 Å². The fourth-order valence-electron chi connectivity index (χ4n) is 3.97. The highest BCUT2D eigenvalue weighted by molar-refractivity contribution is 7.48. The summed E-state index contributed by atoms with van der Waals surface area (Å²) < 4.78 is 26.6. The summed E-state index contributed by atoms with van der Waals surface area (Å²) in [7, 11) is -1.24. The molecule has 4 rings (SSSR count). The van der Waals surface area contributed by atoms with E-state index in [0.29, 0.717) is 17.5 Å². The molecule has 0 saturated carbocycles. The molecule has 4 amide bonds. The minimum absolute atomic E-state index is 0.191. The van der Waals surface area contributed by atoms with Gasteiger partial charge in [-0.1, -0.05) is 18.1 Å². The van der Waals surface area contributed by atoms with E-state index >= 15 is 0 Å². The summed E-state index contributed by atoms with van der Waals surface area (Å²) in [6, 6.07) is 10.8. The molecule has 11 nitrogen and oxygen atoms in total. The molecule has 2 N–H and O–H groups in total. The van der Waals surface area contributed by atoms with Crippen molar-refractivity contribution in [1.29, 1.82) is 0 Å². The van der Waals surface area contributed by atoms with Crippen LogP contribution in [0.25, 0.3) is 0 Å². The number of rotatable bonds is 7. The zero-order valence-electron chi connectivity index (χ0n) is 20.1. The number of benzene rings is 2. The molecule has 1 atom stereocenters. The van der Waals surface area contributed by atoms with Crippen LogP contribution in [0.5, 0.6) is 5.75 Å². The lowest BCUT2D eigenvalue weighted by Crippen LogP contribution is -2.52. The maximum absolute atomic E-state index is 12.8. The zero-order valence-corrected chi connectivity index (χ0v) is 21.0. The van der Waals surface area contributed by atoms with Crippen molar-refractivity contribution in [3.05, 3.63) is 64.7 Å². The third kappa shape index (κ3) is 6.06. The van der Waals surface area contributed by atoms with E-state index in [-0.39, 0.29) is 37.1 Å². The number of hydrogen-bond donors (Lipinski definition) is 2. The summed E-state index contributed by atoms with van der Waals surface area (Å²) >= 11 is 0. The first-order valence-electron chi connectivity index (χ1n) is 11.3. The normalized spacial score (nSPS) is 17.0. The Morgan fingerprint density at radius 3 is 2.54 bits per heavy atom. The standard InChI is InChI=1S/C25H24N3O8P/c1-34-37(33,35-2)36-19-7-3-16(4-8-19)6-11-22(29)26-14-17-5-9-20-18(13-17)15-28(25(20)32)21-10-12-23(30)27-24(21)31/h3-5,7-9,13,21H,10,12,14-15H2,1-2H3,(H,26,29)(H,27,30,31). The van der Waals surface area contributed by atoms with Gasteiger partial charge < -0.3 is 14.7 Å². The molecule has 0 radical (unpaired) electrons. The van der Waals surface area contributed by atoms with Crippen LogP contribution >= 0.6 is 7.82 Å². The lowest BCUT2D eigenvalue weighted by molar-refractivity contribution is -0.137. The predicted octanol–water partition coefficient (Wildman–Crippen LogP) is 1.90. The molecule has 2 aromatic rings. The number of amides is 4. The van der Waals surface area contributed by atoms with E-state index in [1.165, 1.54) is 31.3 Å². The van der Waals surface area contributed by atoms with Gasteiger partial charge in [0.2, 0.25) is 11.8 Å². The number of phosphoric acid groups is 1. The van der Waals surface area contributed by atoms with Crippen molar-refractivity contribution in [3.63, 3.8) is 0 Å². The van der Waals surface area contributed by atoms with Crippen LogP contribution in [0.3, 0.4) is 0 Å². The Morgan fingerprint density at radius 2 is 1.86 bits per heavy atom. The number of fused-ring (bicyclic) bond motifs is 1. The van der Waals surface area contributed by atoms with Crippen molar-refractivity contribution in [3.8, 4) is 17.6 Å². The molecule has 1 fully saturated rings. The molecule has 2 aliphatic rings. The van der Waals surface area contributed by atoms with Crippen LogP contribution in [-0.4, -0.2) is 48.8 Å². The molecular weight excluding hydrogens is 501 g/mol. The number of piperidine rings is 1. The van der Waals surface area contributed by atoms with Gasteiger partial charge in [-0.25, -0.2) is 4.57 Å². The SMILES string of the molecule is COP(=O)(OC)Oc1ccc(C#CC(=O)NCc2ccc3c(c2)CN(C2CCC(=O)NC2=O)C3=O)cc1. The number of carbonyl (C=O) groups excluding carboxylic acids is 4. The topological polar surface area (TPSA) is 140 Å². The van der Waals surface area contributed by atoms with E-state index in [1.54, 1.807) is 24.3 Å². The average molecular weight is 525 g/mol. The molecule has 1 saturated heterocycles. The Kier molecular flexibility index (Phi) is 7.74. The van der Waals surface area contributed by atoms with Crippen LogP contribution in [0, 0.1) is 11.8 Å². The molecule has 1 unspecified atom stereocenters. The monoisotopic (exact) mass is 525 g/mol. The molecule has 0 aliphatic carbocycles. The highest BCUT2D eigenvalue weighted by atomic mass is 31.2. The van der Waals surface area contributed by atoms with E-state index in [1.807, 2.05) is 6.07 Å². The fourth-order valence-corrected chi connectivity index (χ4v) is 4.65. The summed E-state index contributed by atoms with van der Waals surface area (Å²) in [6.07, 6.45) is 0.485. The van der Waals surface area contributed by atoms with Crippen molar-refractivity contribution in [1.82, 2.24) is 15.5 Å². The lowest BCUT2D eigenvalue weighted by atomic mass is 10.0. The molecule has 37 heavy (non-hydrogen) atoms. The van der Waals surface area contributed by atoms with Gasteiger partial charge in [-0.05, 0) is 47.9 Å². The van der Waals surface area contributed by atoms with Crippen LogP contribution in [0.15, 0.2) is 42.5 Å². The van der Waals surface area contributed by atoms with Crippen molar-refractivity contribution >= 4 is 31.5 Å². The second-order valence-corrected chi connectivity index (χ2v) is 10.1. The zero-order chi connectivity index (χ0) is 26.6. The molecule has 192 valence electrons. The quantitative estimate of drug-likeness (QED) is 0.317. The Bertz CT molecular complexity index is 1350. The van der Waals surface area contributed by atoms with Gasteiger partial charge >= 0.3 is 7.82 Å². The fraction of sp³-hybridized carbons (Fsp3) is 0.280. The van der Waals surface area contributed by atoms with E-state index in [9.17, 15) is 23.7 Å². The van der Waals surface area contributed by atoms with Gasteiger partial charge in [0.25, 0.3) is 11.8 Å². The van der Waals surface area contributed by atoms with Crippen LogP contribution < -0.4 is 15.2 Å². The van der Waals surface area contributed by atoms with Crippen molar-refractivity contribution in [2.45, 2.75) is 32.0 Å². The summed E-state index contributed by atoms with van der Waals surface area (Å²) in [5.74, 6) is 3.94. The molecule has 2 aromatic carbocycles. The second kappa shape index (κ2) is 11.0. The maximum atomic E-state index is 12.8. The van der Waals surface area contributed by atoms with Gasteiger partial charge in [0.05, 0.1) is 0 Å². The highest BCUT2D eigenvalue weighted by Crippen LogP contribution is 2.47. The van der Waals surface area contributed by atoms with Crippen molar-refractivity contribution < 1.29 is 37.3 Å². The van der Waals surface area contributed by atoms with Crippen LogP contribution in [0.2, 0.25) is 0 Å². The lowest BCUT2D eigenvalue weighted by Gasteiger charge is -2.29. The van der Waals surface area contributed by atoms with Gasteiger partial charge in [0, 0.05) is 50.8 Å². The summed E-state index contributed by atoms with van der Waals surface area (Å²) in [6.45, 7) is 0.454. The molecule has 2 aliphatic heterocycles. The predicted molar refractivity (Wildman–Crippen MR) is 130 cm³/mol. The van der Waals surface area contributed by atoms with Crippen molar-refractivity contribution in [2.75, 3.05) is 14.2 Å². The third-order valence-corrected chi connectivity index (χ3v) is 7.21. The minimum Gasteiger partial charge on any atom is -0.404 e. The Morgan fingerprint density at radius 1 is 1.14 bits per heavy atom. The number of phosphoric ester groups is 1. The number of hydrogen-bond acceptors (Lipinski definition) is 8. The first-order valence-corrected chi connectivity index (χ1v) is 12.7. The first-order chi connectivity index (χ1) is 17.7. The minimum atomic E-state index is -3.66.